The summed E-state index contributed by atoms with van der Waals surface area (Å²) in [4.78, 5) is 0. The SMILES string of the molecule is COc1cc[n+](-c2ccccc2F)cc1. The lowest BCUT2D eigenvalue weighted by atomic mass is 10.3. The molecular formula is C12H11FNO+. The van der Waals surface area contributed by atoms with Crippen LogP contribution in [-0.2, 0) is 0 Å². The zero-order valence-electron chi connectivity index (χ0n) is 8.35. The van der Waals surface area contributed by atoms with Crippen LogP contribution in [-0.4, -0.2) is 7.11 Å². The molecule has 15 heavy (non-hydrogen) atoms. The molecule has 3 heteroatoms. The highest BCUT2D eigenvalue weighted by Crippen LogP contribution is 2.08. The molecule has 2 rings (SSSR count). The van der Waals surface area contributed by atoms with Crippen molar-refractivity contribution in [2.24, 2.45) is 0 Å². The highest BCUT2D eigenvalue weighted by molar-refractivity contribution is 5.25. The lowest BCUT2D eigenvalue weighted by molar-refractivity contribution is -0.597. The van der Waals surface area contributed by atoms with Gasteiger partial charge in [-0.3, -0.25) is 0 Å². The van der Waals surface area contributed by atoms with Crippen LogP contribution in [0.2, 0.25) is 0 Å². The van der Waals surface area contributed by atoms with E-state index >= 15 is 0 Å². The van der Waals surface area contributed by atoms with Gasteiger partial charge in [0.2, 0.25) is 5.69 Å². The van der Waals surface area contributed by atoms with Gasteiger partial charge in [-0.05, 0) is 6.07 Å². The van der Waals surface area contributed by atoms with Crippen molar-refractivity contribution in [3.05, 3.63) is 54.6 Å². The van der Waals surface area contributed by atoms with Crippen LogP contribution in [0.4, 0.5) is 4.39 Å². The third-order valence-corrected chi connectivity index (χ3v) is 2.17. The molecule has 0 aliphatic heterocycles. The van der Waals surface area contributed by atoms with Gasteiger partial charge in [-0.2, -0.15) is 8.96 Å². The number of para-hydroxylation sites is 1. The van der Waals surface area contributed by atoms with Gasteiger partial charge in [-0.25, -0.2) is 0 Å². The Morgan fingerprint density at radius 3 is 2.33 bits per heavy atom. The molecular weight excluding hydrogens is 193 g/mol. The Labute approximate surface area is 87.6 Å². The van der Waals surface area contributed by atoms with Crippen LogP contribution in [0.1, 0.15) is 0 Å². The van der Waals surface area contributed by atoms with E-state index in [1.807, 2.05) is 0 Å². The molecule has 0 fully saturated rings. The Kier molecular flexibility index (Phi) is 2.63. The molecule has 1 aromatic carbocycles. The van der Waals surface area contributed by atoms with Crippen LogP contribution < -0.4 is 9.30 Å². The normalized spacial score (nSPS) is 10.0. The lowest BCUT2D eigenvalue weighted by Gasteiger charge is -1.99. The summed E-state index contributed by atoms with van der Waals surface area (Å²) in [5.74, 6) is 0.509. The largest absolute Gasteiger partial charge is 0.496 e. The fourth-order valence-electron chi connectivity index (χ4n) is 1.37. The minimum atomic E-state index is -0.243. The molecule has 0 N–H and O–H groups in total. The number of rotatable bonds is 2. The molecule has 1 heterocycles. The maximum atomic E-state index is 13.4. The van der Waals surface area contributed by atoms with Crippen LogP contribution in [0.15, 0.2) is 48.8 Å². The number of ether oxygens (including phenoxy) is 1. The molecule has 2 nitrogen and oxygen atoms in total. The minimum absolute atomic E-state index is 0.243. The number of pyridine rings is 1. The molecule has 1 aromatic heterocycles. The maximum absolute atomic E-state index is 13.4. The van der Waals surface area contributed by atoms with E-state index in [2.05, 4.69) is 0 Å². The summed E-state index contributed by atoms with van der Waals surface area (Å²) in [5.41, 5.74) is 0.528. The van der Waals surface area contributed by atoms with Crippen LogP contribution in [0.5, 0.6) is 5.75 Å². The topological polar surface area (TPSA) is 13.1 Å². The Morgan fingerprint density at radius 2 is 1.73 bits per heavy atom. The monoisotopic (exact) mass is 204 g/mol. The standard InChI is InChI=1S/C12H11FNO/c1-15-10-6-8-14(9-7-10)12-5-3-2-4-11(12)13/h2-9H,1H3/q+1. The van der Waals surface area contributed by atoms with Crippen LogP contribution >= 0.6 is 0 Å². The number of methoxy groups -OCH3 is 1. The van der Waals surface area contributed by atoms with E-state index < -0.39 is 0 Å². The number of hydrogen-bond donors (Lipinski definition) is 0. The summed E-state index contributed by atoms with van der Waals surface area (Å²) < 4.78 is 20.1. The first kappa shape index (κ1) is 9.65. The molecule has 0 saturated heterocycles. The predicted octanol–water partition coefficient (Wildman–Crippen LogP) is 2.11. The maximum Gasteiger partial charge on any atom is 0.246 e. The smallest absolute Gasteiger partial charge is 0.246 e. The number of nitrogens with zero attached hydrogens (tertiary/aromatic N) is 1. The summed E-state index contributed by atoms with van der Waals surface area (Å²) in [5, 5.41) is 0. The number of hydrogen-bond acceptors (Lipinski definition) is 1. The van der Waals surface area contributed by atoms with Gasteiger partial charge in [0.05, 0.1) is 7.11 Å². The summed E-state index contributed by atoms with van der Waals surface area (Å²) in [6, 6.07) is 10.2. The molecule has 2 aromatic rings. The molecule has 0 aliphatic carbocycles. The van der Waals surface area contributed by atoms with Gasteiger partial charge >= 0.3 is 0 Å². The highest BCUT2D eigenvalue weighted by Gasteiger charge is 2.10. The van der Waals surface area contributed by atoms with Crippen LogP contribution in [0, 0.1) is 5.82 Å². The van der Waals surface area contributed by atoms with Crippen molar-refractivity contribution >= 4 is 0 Å². The molecule has 0 radical (unpaired) electrons. The third kappa shape index (κ3) is 1.96. The second kappa shape index (κ2) is 4.09. The van der Waals surface area contributed by atoms with E-state index in [0.717, 1.165) is 5.75 Å². The second-order valence-corrected chi connectivity index (χ2v) is 3.10. The van der Waals surface area contributed by atoms with Gasteiger partial charge in [-0.15, -0.1) is 0 Å². The first-order valence-electron chi connectivity index (χ1n) is 4.61. The number of halogens is 1. The van der Waals surface area contributed by atoms with Crippen LogP contribution in [0.3, 0.4) is 0 Å². The van der Waals surface area contributed by atoms with Gasteiger partial charge in [0, 0.05) is 18.2 Å². The highest BCUT2D eigenvalue weighted by atomic mass is 19.1. The Morgan fingerprint density at radius 1 is 1.07 bits per heavy atom. The molecule has 76 valence electrons. The van der Waals surface area contributed by atoms with Crippen molar-refractivity contribution in [2.45, 2.75) is 0 Å². The first-order chi connectivity index (χ1) is 7.31. The van der Waals surface area contributed by atoms with Gasteiger partial charge in [0.25, 0.3) is 0 Å². The Hall–Kier alpha value is -1.90. The van der Waals surface area contributed by atoms with E-state index in [0.29, 0.717) is 5.69 Å². The molecule has 0 atom stereocenters. The summed E-state index contributed by atoms with van der Waals surface area (Å²) in [6.07, 6.45) is 3.52. The minimum Gasteiger partial charge on any atom is -0.496 e. The number of benzene rings is 1. The first-order valence-corrected chi connectivity index (χ1v) is 4.61. The zero-order valence-corrected chi connectivity index (χ0v) is 8.35. The van der Waals surface area contributed by atoms with Crippen molar-refractivity contribution in [1.82, 2.24) is 0 Å². The van der Waals surface area contributed by atoms with Crippen molar-refractivity contribution in [2.75, 3.05) is 7.11 Å². The van der Waals surface area contributed by atoms with E-state index in [9.17, 15) is 4.39 Å². The summed E-state index contributed by atoms with van der Waals surface area (Å²) in [6.45, 7) is 0. The van der Waals surface area contributed by atoms with E-state index in [-0.39, 0.29) is 5.82 Å². The summed E-state index contributed by atoms with van der Waals surface area (Å²) in [7, 11) is 1.60. The van der Waals surface area contributed by atoms with E-state index in [1.54, 1.807) is 54.4 Å². The van der Waals surface area contributed by atoms with Crippen molar-refractivity contribution in [1.29, 1.82) is 0 Å². The summed E-state index contributed by atoms with van der Waals surface area (Å²) >= 11 is 0. The van der Waals surface area contributed by atoms with Gasteiger partial charge in [0.1, 0.15) is 5.75 Å². The molecule has 0 aliphatic rings. The molecule has 0 amide bonds. The fraction of sp³-hybridized carbons (Fsp3) is 0.0833. The quantitative estimate of drug-likeness (QED) is 0.683. The van der Waals surface area contributed by atoms with Gasteiger partial charge < -0.3 is 4.74 Å². The Balaban J connectivity index is 2.42. The molecule has 0 unspecified atom stereocenters. The zero-order chi connectivity index (χ0) is 10.7. The van der Waals surface area contributed by atoms with Crippen LogP contribution in [0.25, 0.3) is 5.69 Å². The second-order valence-electron chi connectivity index (χ2n) is 3.10. The van der Waals surface area contributed by atoms with Crippen molar-refractivity contribution in [3.63, 3.8) is 0 Å². The van der Waals surface area contributed by atoms with E-state index in [4.69, 9.17) is 4.74 Å². The van der Waals surface area contributed by atoms with Crippen molar-refractivity contribution in [3.8, 4) is 11.4 Å². The molecule has 0 bridgehead atoms. The van der Waals surface area contributed by atoms with E-state index in [1.165, 1.54) is 6.07 Å². The Bertz CT molecular complexity index is 453. The van der Waals surface area contributed by atoms with Gasteiger partial charge in [-0.1, -0.05) is 12.1 Å². The third-order valence-electron chi connectivity index (χ3n) is 2.17. The average Bonchev–Trinajstić information content (AvgIpc) is 2.30. The molecule has 0 saturated carbocycles. The predicted molar refractivity (Wildman–Crippen MR) is 54.5 cm³/mol. The fourth-order valence-corrected chi connectivity index (χ4v) is 1.37. The number of aromatic nitrogens is 1. The van der Waals surface area contributed by atoms with Crippen molar-refractivity contribution < 1.29 is 13.7 Å². The lowest BCUT2D eigenvalue weighted by Crippen LogP contribution is -2.30. The average molecular weight is 204 g/mol. The molecule has 0 spiro atoms. The van der Waals surface area contributed by atoms with Gasteiger partial charge in [0.15, 0.2) is 18.2 Å².